The highest BCUT2D eigenvalue weighted by Crippen LogP contribution is 2.23. The lowest BCUT2D eigenvalue weighted by molar-refractivity contribution is 0.384. The highest BCUT2D eigenvalue weighted by atomic mass is 32.1. The number of aryl methyl sites for hydroxylation is 1. The summed E-state index contributed by atoms with van der Waals surface area (Å²) in [7, 11) is 0. The maximum Gasteiger partial charge on any atom is 0.245 e. The second kappa shape index (κ2) is 6.53. The Hall–Kier alpha value is -1.47. The average molecular weight is 306 g/mol. The van der Waals surface area contributed by atoms with Crippen LogP contribution in [0.4, 0.5) is 5.95 Å². The SMILES string of the molecule is CCNCC1CCN(c2n[nH]c(-c3csc(C)n3)n2)CC1. The standard InChI is InChI=1S/C14H22N6S/c1-3-15-8-11-4-6-20(7-5-11)14-17-13(18-19-14)12-9-21-10(2)16-12/h9,11,15H,3-8H2,1-2H3,(H,17,18,19). The minimum absolute atomic E-state index is 0.768. The van der Waals surface area contributed by atoms with Gasteiger partial charge < -0.3 is 10.2 Å². The zero-order valence-electron chi connectivity index (χ0n) is 12.6. The molecular formula is C14H22N6S. The molecule has 0 atom stereocenters. The molecule has 1 aliphatic rings. The van der Waals surface area contributed by atoms with Crippen molar-refractivity contribution in [3.8, 4) is 11.5 Å². The summed E-state index contributed by atoms with van der Waals surface area (Å²) in [5.41, 5.74) is 0.887. The van der Waals surface area contributed by atoms with Crippen LogP contribution in [0.5, 0.6) is 0 Å². The highest BCUT2D eigenvalue weighted by molar-refractivity contribution is 7.09. The van der Waals surface area contributed by atoms with Crippen LogP contribution < -0.4 is 10.2 Å². The Morgan fingerprint density at radius 3 is 2.86 bits per heavy atom. The van der Waals surface area contributed by atoms with Crippen LogP contribution in [0, 0.1) is 12.8 Å². The highest BCUT2D eigenvalue weighted by Gasteiger charge is 2.22. The van der Waals surface area contributed by atoms with Gasteiger partial charge in [0.05, 0.1) is 5.01 Å². The van der Waals surface area contributed by atoms with Gasteiger partial charge >= 0.3 is 0 Å². The smallest absolute Gasteiger partial charge is 0.245 e. The number of rotatable bonds is 5. The fourth-order valence-electron chi connectivity index (χ4n) is 2.67. The normalized spacial score (nSPS) is 16.6. The molecule has 0 saturated carbocycles. The van der Waals surface area contributed by atoms with E-state index in [-0.39, 0.29) is 0 Å². The van der Waals surface area contributed by atoms with E-state index in [1.165, 1.54) is 12.8 Å². The Morgan fingerprint density at radius 2 is 2.19 bits per heavy atom. The second-order valence-corrected chi connectivity index (χ2v) is 6.54. The quantitative estimate of drug-likeness (QED) is 0.885. The van der Waals surface area contributed by atoms with Crippen molar-refractivity contribution in [2.45, 2.75) is 26.7 Å². The van der Waals surface area contributed by atoms with Crippen LogP contribution in [-0.2, 0) is 0 Å². The Labute approximate surface area is 129 Å². The lowest BCUT2D eigenvalue weighted by Crippen LogP contribution is -2.37. The van der Waals surface area contributed by atoms with Gasteiger partial charge in [-0.2, -0.15) is 4.98 Å². The predicted octanol–water partition coefficient (Wildman–Crippen LogP) is 2.06. The Morgan fingerprint density at radius 1 is 1.38 bits per heavy atom. The maximum absolute atomic E-state index is 4.59. The third-order valence-electron chi connectivity index (χ3n) is 3.92. The summed E-state index contributed by atoms with van der Waals surface area (Å²) in [5, 5.41) is 13.9. The molecule has 6 nitrogen and oxygen atoms in total. The molecule has 2 aromatic heterocycles. The fourth-order valence-corrected chi connectivity index (χ4v) is 3.26. The second-order valence-electron chi connectivity index (χ2n) is 5.47. The van der Waals surface area contributed by atoms with E-state index in [0.29, 0.717) is 0 Å². The van der Waals surface area contributed by atoms with E-state index in [0.717, 1.165) is 54.6 Å². The van der Waals surface area contributed by atoms with Crippen molar-refractivity contribution >= 4 is 17.3 Å². The minimum atomic E-state index is 0.768. The maximum atomic E-state index is 4.59. The van der Waals surface area contributed by atoms with Gasteiger partial charge in [-0.3, -0.25) is 5.10 Å². The molecule has 0 aromatic carbocycles. The van der Waals surface area contributed by atoms with E-state index in [9.17, 15) is 0 Å². The molecule has 0 amide bonds. The van der Waals surface area contributed by atoms with Crippen LogP contribution in [0.3, 0.4) is 0 Å². The van der Waals surface area contributed by atoms with Crippen LogP contribution in [0.2, 0.25) is 0 Å². The number of aromatic nitrogens is 4. The molecule has 0 unspecified atom stereocenters. The number of nitrogens with zero attached hydrogens (tertiary/aromatic N) is 4. The van der Waals surface area contributed by atoms with Crippen molar-refractivity contribution in [3.05, 3.63) is 10.4 Å². The zero-order valence-corrected chi connectivity index (χ0v) is 13.4. The van der Waals surface area contributed by atoms with Crippen molar-refractivity contribution in [1.82, 2.24) is 25.5 Å². The van der Waals surface area contributed by atoms with E-state index < -0.39 is 0 Å². The van der Waals surface area contributed by atoms with Gasteiger partial charge in [0.25, 0.3) is 0 Å². The first-order valence-electron chi connectivity index (χ1n) is 7.57. The topological polar surface area (TPSA) is 69.7 Å². The molecule has 3 rings (SSSR count). The van der Waals surface area contributed by atoms with Crippen molar-refractivity contribution in [2.75, 3.05) is 31.1 Å². The summed E-state index contributed by atoms with van der Waals surface area (Å²) < 4.78 is 0. The summed E-state index contributed by atoms with van der Waals surface area (Å²) in [4.78, 5) is 11.3. The number of anilines is 1. The van der Waals surface area contributed by atoms with Gasteiger partial charge in [0.1, 0.15) is 5.69 Å². The number of thiazole rings is 1. The molecule has 0 spiro atoms. The lowest BCUT2D eigenvalue weighted by atomic mass is 9.97. The number of piperidine rings is 1. The first-order chi connectivity index (χ1) is 10.3. The van der Waals surface area contributed by atoms with Gasteiger partial charge in [-0.1, -0.05) is 6.92 Å². The van der Waals surface area contributed by atoms with Crippen molar-refractivity contribution in [3.63, 3.8) is 0 Å². The summed E-state index contributed by atoms with van der Waals surface area (Å²) >= 11 is 1.63. The fraction of sp³-hybridized carbons (Fsp3) is 0.643. The van der Waals surface area contributed by atoms with Crippen LogP contribution in [0.15, 0.2) is 5.38 Å². The van der Waals surface area contributed by atoms with Crippen LogP contribution in [0.1, 0.15) is 24.8 Å². The van der Waals surface area contributed by atoms with E-state index in [2.05, 4.69) is 37.3 Å². The van der Waals surface area contributed by atoms with E-state index in [1.54, 1.807) is 11.3 Å². The summed E-state index contributed by atoms with van der Waals surface area (Å²) in [6.45, 7) is 8.40. The average Bonchev–Trinajstić information content (AvgIpc) is 3.14. The number of H-pyrrole nitrogens is 1. The lowest BCUT2D eigenvalue weighted by Gasteiger charge is -2.31. The first kappa shape index (κ1) is 14.5. The minimum Gasteiger partial charge on any atom is -0.340 e. The molecule has 0 bridgehead atoms. The number of nitrogens with one attached hydrogen (secondary N) is 2. The molecule has 7 heteroatoms. The largest absolute Gasteiger partial charge is 0.340 e. The molecular weight excluding hydrogens is 284 g/mol. The van der Waals surface area contributed by atoms with Gasteiger partial charge in [-0.15, -0.1) is 16.4 Å². The molecule has 114 valence electrons. The monoisotopic (exact) mass is 306 g/mol. The Bertz CT molecular complexity index is 570. The van der Waals surface area contributed by atoms with Gasteiger partial charge in [-0.25, -0.2) is 4.98 Å². The molecule has 1 aliphatic heterocycles. The zero-order chi connectivity index (χ0) is 14.7. The summed E-state index contributed by atoms with van der Waals surface area (Å²) in [6.07, 6.45) is 2.40. The van der Waals surface area contributed by atoms with Gasteiger partial charge in [0.15, 0.2) is 5.82 Å². The molecule has 3 heterocycles. The molecule has 1 fully saturated rings. The predicted molar refractivity (Wildman–Crippen MR) is 85.7 cm³/mol. The molecule has 0 aliphatic carbocycles. The van der Waals surface area contributed by atoms with Crippen molar-refractivity contribution in [2.24, 2.45) is 5.92 Å². The molecule has 2 aromatic rings. The Kier molecular flexibility index (Phi) is 4.50. The van der Waals surface area contributed by atoms with Crippen LogP contribution in [0.25, 0.3) is 11.5 Å². The van der Waals surface area contributed by atoms with Gasteiger partial charge in [0, 0.05) is 18.5 Å². The number of aromatic amines is 1. The third kappa shape index (κ3) is 3.41. The first-order valence-corrected chi connectivity index (χ1v) is 8.44. The van der Waals surface area contributed by atoms with Gasteiger partial charge in [-0.05, 0) is 38.8 Å². The Balaban J connectivity index is 1.60. The summed E-state index contributed by atoms with van der Waals surface area (Å²) in [6, 6.07) is 0. The molecule has 2 N–H and O–H groups in total. The van der Waals surface area contributed by atoms with E-state index in [1.807, 2.05) is 12.3 Å². The van der Waals surface area contributed by atoms with Crippen molar-refractivity contribution < 1.29 is 0 Å². The molecule has 1 saturated heterocycles. The molecule has 21 heavy (non-hydrogen) atoms. The van der Waals surface area contributed by atoms with Crippen LogP contribution in [-0.4, -0.2) is 46.3 Å². The van der Waals surface area contributed by atoms with Crippen LogP contribution >= 0.6 is 11.3 Å². The third-order valence-corrected chi connectivity index (χ3v) is 4.69. The van der Waals surface area contributed by atoms with E-state index >= 15 is 0 Å². The number of hydrogen-bond acceptors (Lipinski definition) is 6. The van der Waals surface area contributed by atoms with Crippen molar-refractivity contribution in [1.29, 1.82) is 0 Å². The molecule has 0 radical (unpaired) electrons. The summed E-state index contributed by atoms with van der Waals surface area (Å²) in [5.74, 6) is 2.35. The van der Waals surface area contributed by atoms with Gasteiger partial charge in [0.2, 0.25) is 5.95 Å². The number of hydrogen-bond donors (Lipinski definition) is 2. The van der Waals surface area contributed by atoms with E-state index in [4.69, 9.17) is 0 Å².